The Balaban J connectivity index is 0.000000479. The van der Waals surface area contributed by atoms with Gasteiger partial charge in [-0.25, -0.2) is 18.0 Å². The first-order chi connectivity index (χ1) is 17.3. The first-order valence-corrected chi connectivity index (χ1v) is 11.5. The van der Waals surface area contributed by atoms with E-state index in [1.807, 2.05) is 0 Å². The molecule has 2 unspecified atom stereocenters. The Morgan fingerprint density at radius 2 is 1.57 bits per heavy atom. The molecule has 3 saturated heterocycles. The molecular formula is C23H24F6N4O4. The molecule has 2 bridgehead atoms. The number of alkyl halides is 3. The Labute approximate surface area is 207 Å². The number of nitrogens with zero attached hydrogens (tertiary/aromatic N) is 3. The Morgan fingerprint density at radius 1 is 1.03 bits per heavy atom. The maximum Gasteiger partial charge on any atom is 0.490 e. The van der Waals surface area contributed by atoms with Gasteiger partial charge in [0.15, 0.2) is 11.6 Å². The minimum absolute atomic E-state index is 0.159. The Morgan fingerprint density at radius 3 is 2.08 bits per heavy atom. The number of benzene rings is 1. The number of piperidine rings is 1. The van der Waals surface area contributed by atoms with E-state index in [-0.39, 0.29) is 23.9 Å². The highest BCUT2D eigenvalue weighted by Crippen LogP contribution is 2.41. The van der Waals surface area contributed by atoms with Gasteiger partial charge in [0.2, 0.25) is 5.91 Å². The SMILES string of the molecule is N#C[C@@H]1CCCN1C(=O)[C@@H](N)C1CC2CCC(C1)N2C(=O)c1cc(F)c(F)cc1F.O=C(O)C(F)(F)F. The average molecular weight is 534 g/mol. The number of carboxylic acids is 1. The van der Waals surface area contributed by atoms with Gasteiger partial charge < -0.3 is 20.6 Å². The van der Waals surface area contributed by atoms with Crippen LogP contribution in [0, 0.1) is 34.7 Å². The second kappa shape index (κ2) is 11.0. The number of rotatable bonds is 3. The summed E-state index contributed by atoms with van der Waals surface area (Å²) < 4.78 is 72.6. The van der Waals surface area contributed by atoms with E-state index >= 15 is 0 Å². The third-order valence-corrected chi connectivity index (χ3v) is 6.96. The fraction of sp³-hybridized carbons (Fsp3) is 0.565. The summed E-state index contributed by atoms with van der Waals surface area (Å²) in [6.45, 7) is 0.518. The van der Waals surface area contributed by atoms with Gasteiger partial charge in [-0.2, -0.15) is 18.4 Å². The Bertz CT molecular complexity index is 1090. The number of carbonyl (C=O) groups excluding carboxylic acids is 2. The molecular weight excluding hydrogens is 510 g/mol. The van der Waals surface area contributed by atoms with Gasteiger partial charge in [-0.1, -0.05) is 0 Å². The lowest BCUT2D eigenvalue weighted by Crippen LogP contribution is -2.55. The summed E-state index contributed by atoms with van der Waals surface area (Å²) in [5.74, 6) is -7.53. The Kier molecular flexibility index (Phi) is 8.36. The molecule has 1 aromatic rings. The van der Waals surface area contributed by atoms with Crippen molar-refractivity contribution in [1.82, 2.24) is 9.80 Å². The molecule has 2 amide bonds. The molecule has 4 rings (SSSR count). The minimum atomic E-state index is -5.08. The molecule has 4 atom stereocenters. The summed E-state index contributed by atoms with van der Waals surface area (Å²) >= 11 is 0. The zero-order valence-corrected chi connectivity index (χ0v) is 19.3. The largest absolute Gasteiger partial charge is 0.490 e. The topological polar surface area (TPSA) is 128 Å². The first-order valence-electron chi connectivity index (χ1n) is 11.5. The van der Waals surface area contributed by atoms with Crippen LogP contribution in [0.25, 0.3) is 0 Å². The molecule has 3 aliphatic heterocycles. The van der Waals surface area contributed by atoms with Gasteiger partial charge in [0, 0.05) is 24.7 Å². The van der Waals surface area contributed by atoms with Crippen LogP contribution in [0.2, 0.25) is 0 Å². The molecule has 0 aliphatic carbocycles. The van der Waals surface area contributed by atoms with Crippen molar-refractivity contribution in [2.75, 3.05) is 6.54 Å². The van der Waals surface area contributed by atoms with Gasteiger partial charge in [-0.3, -0.25) is 9.59 Å². The Hall–Kier alpha value is -3.34. The van der Waals surface area contributed by atoms with E-state index in [4.69, 9.17) is 15.6 Å². The van der Waals surface area contributed by atoms with Crippen LogP contribution in [-0.4, -0.2) is 69.6 Å². The highest BCUT2D eigenvalue weighted by Gasteiger charge is 2.47. The summed E-state index contributed by atoms with van der Waals surface area (Å²) in [6.07, 6.45) is -1.34. The monoisotopic (exact) mass is 534 g/mol. The second-order valence-electron chi connectivity index (χ2n) is 9.22. The third-order valence-electron chi connectivity index (χ3n) is 6.96. The van der Waals surface area contributed by atoms with Crippen LogP contribution in [0.4, 0.5) is 26.3 Å². The van der Waals surface area contributed by atoms with E-state index in [9.17, 15) is 41.2 Å². The third kappa shape index (κ3) is 5.98. The van der Waals surface area contributed by atoms with Crippen LogP contribution in [0.3, 0.4) is 0 Å². The lowest BCUT2D eigenvalue weighted by atomic mass is 9.84. The molecule has 0 radical (unpaired) electrons. The van der Waals surface area contributed by atoms with Crippen LogP contribution in [0.15, 0.2) is 12.1 Å². The van der Waals surface area contributed by atoms with E-state index in [1.54, 1.807) is 4.90 Å². The van der Waals surface area contributed by atoms with Crippen LogP contribution < -0.4 is 5.73 Å². The quantitative estimate of drug-likeness (QED) is 0.454. The predicted molar refractivity (Wildman–Crippen MR) is 114 cm³/mol. The number of hydrogen-bond acceptors (Lipinski definition) is 5. The van der Waals surface area contributed by atoms with Gasteiger partial charge in [-0.05, 0) is 50.5 Å². The van der Waals surface area contributed by atoms with Crippen molar-refractivity contribution in [3.05, 3.63) is 35.1 Å². The van der Waals surface area contributed by atoms with E-state index in [0.717, 1.165) is 6.42 Å². The van der Waals surface area contributed by atoms with Crippen molar-refractivity contribution in [2.24, 2.45) is 11.7 Å². The van der Waals surface area contributed by atoms with Crippen molar-refractivity contribution in [3.63, 3.8) is 0 Å². The average Bonchev–Trinajstić information content (AvgIpc) is 3.41. The number of nitrogens with two attached hydrogens (primary N) is 1. The molecule has 0 spiro atoms. The lowest BCUT2D eigenvalue weighted by Gasteiger charge is -2.41. The molecule has 0 saturated carbocycles. The minimum Gasteiger partial charge on any atom is -0.475 e. The number of nitriles is 1. The molecule has 3 fully saturated rings. The predicted octanol–water partition coefficient (Wildman–Crippen LogP) is 2.96. The van der Waals surface area contributed by atoms with Crippen LogP contribution in [0.1, 0.15) is 48.9 Å². The van der Waals surface area contributed by atoms with Crippen molar-refractivity contribution in [1.29, 1.82) is 5.26 Å². The van der Waals surface area contributed by atoms with E-state index in [1.165, 1.54) is 4.90 Å². The van der Waals surface area contributed by atoms with Crippen LogP contribution in [-0.2, 0) is 9.59 Å². The number of carbonyl (C=O) groups is 3. The molecule has 1 aromatic carbocycles. The van der Waals surface area contributed by atoms with E-state index in [0.29, 0.717) is 50.8 Å². The fourth-order valence-corrected chi connectivity index (χ4v) is 5.23. The zero-order chi connectivity index (χ0) is 27.7. The van der Waals surface area contributed by atoms with E-state index in [2.05, 4.69) is 6.07 Å². The van der Waals surface area contributed by atoms with Crippen LogP contribution in [0.5, 0.6) is 0 Å². The van der Waals surface area contributed by atoms with Gasteiger partial charge in [0.25, 0.3) is 5.91 Å². The van der Waals surface area contributed by atoms with Gasteiger partial charge in [0.1, 0.15) is 11.9 Å². The number of amides is 2. The van der Waals surface area contributed by atoms with Gasteiger partial charge >= 0.3 is 12.1 Å². The smallest absolute Gasteiger partial charge is 0.475 e. The van der Waals surface area contributed by atoms with Crippen molar-refractivity contribution in [3.8, 4) is 6.07 Å². The highest BCUT2D eigenvalue weighted by atomic mass is 19.4. The number of aliphatic carboxylic acids is 1. The standard InChI is InChI=1S/C21H23F3N4O2.C2HF3O2/c22-16-9-18(24)17(23)8-15(16)20(29)28-12-3-4-13(28)7-11(6-12)19(26)21(30)27-5-1-2-14(27)10-25;3-2(4,5)1(6)7/h8-9,11-14,19H,1-7,26H2;(H,6,7)/t11?,12?,13?,14-,19-;/m0./s1. The second-order valence-corrected chi connectivity index (χ2v) is 9.22. The summed E-state index contributed by atoms with van der Waals surface area (Å²) in [4.78, 5) is 37.7. The number of fused-ring (bicyclic) bond motifs is 2. The number of halogens is 6. The molecule has 14 heteroatoms. The molecule has 0 aromatic heterocycles. The normalized spacial score (nSPS) is 25.7. The van der Waals surface area contributed by atoms with Crippen LogP contribution >= 0.6 is 0 Å². The fourth-order valence-electron chi connectivity index (χ4n) is 5.23. The van der Waals surface area contributed by atoms with Crippen molar-refractivity contribution in [2.45, 2.75) is 68.9 Å². The molecule has 37 heavy (non-hydrogen) atoms. The highest BCUT2D eigenvalue weighted by molar-refractivity contribution is 5.95. The maximum absolute atomic E-state index is 14.1. The van der Waals surface area contributed by atoms with Gasteiger partial charge in [0.05, 0.1) is 17.7 Å². The molecule has 8 nitrogen and oxygen atoms in total. The molecule has 3 N–H and O–H groups in total. The lowest BCUT2D eigenvalue weighted by molar-refractivity contribution is -0.192. The number of hydrogen-bond donors (Lipinski definition) is 2. The molecule has 3 aliphatic rings. The summed E-state index contributed by atoms with van der Waals surface area (Å²) in [6, 6.07) is 1.44. The molecule has 3 heterocycles. The summed E-state index contributed by atoms with van der Waals surface area (Å²) in [5.41, 5.74) is 5.79. The van der Waals surface area contributed by atoms with E-state index < -0.39 is 53.2 Å². The first kappa shape index (κ1) is 28.2. The van der Waals surface area contributed by atoms with Gasteiger partial charge in [-0.15, -0.1) is 0 Å². The number of carboxylic acid groups (broad SMARTS) is 1. The maximum atomic E-state index is 14.1. The summed E-state index contributed by atoms with van der Waals surface area (Å²) in [7, 11) is 0. The zero-order valence-electron chi connectivity index (χ0n) is 19.3. The molecule has 202 valence electrons. The number of likely N-dealkylation sites (tertiary alicyclic amines) is 1. The van der Waals surface area contributed by atoms with Crippen molar-refractivity contribution < 1.29 is 45.8 Å². The van der Waals surface area contributed by atoms with Crippen molar-refractivity contribution >= 4 is 17.8 Å². The summed E-state index contributed by atoms with van der Waals surface area (Å²) in [5, 5.41) is 16.4.